The van der Waals surface area contributed by atoms with Crippen LogP contribution in [0.5, 0.6) is 0 Å². The molecule has 1 saturated heterocycles. The van der Waals surface area contributed by atoms with Crippen molar-refractivity contribution in [3.63, 3.8) is 0 Å². The van der Waals surface area contributed by atoms with Gasteiger partial charge in [0.05, 0.1) is 17.8 Å². The smallest absolute Gasteiger partial charge is 0.170 e. The van der Waals surface area contributed by atoms with Gasteiger partial charge in [-0.15, -0.1) is 0 Å². The Kier molecular flexibility index (Phi) is 5.87. The summed E-state index contributed by atoms with van der Waals surface area (Å²) in [5.74, 6) is 0. The number of aromatic nitrogens is 3. The maximum absolute atomic E-state index is 6.31. The van der Waals surface area contributed by atoms with Crippen molar-refractivity contribution in [3.8, 4) is 5.69 Å². The molecule has 33 heavy (non-hydrogen) atoms. The predicted molar refractivity (Wildman–Crippen MR) is 135 cm³/mol. The van der Waals surface area contributed by atoms with Crippen LogP contribution in [0.2, 0.25) is 5.02 Å². The summed E-state index contributed by atoms with van der Waals surface area (Å²) in [7, 11) is 0. The summed E-state index contributed by atoms with van der Waals surface area (Å²) >= 11 is 12.1. The zero-order valence-electron chi connectivity index (χ0n) is 18.4. The molecule has 0 spiro atoms. The van der Waals surface area contributed by atoms with Crippen LogP contribution >= 0.6 is 23.8 Å². The Labute approximate surface area is 204 Å². The van der Waals surface area contributed by atoms with Gasteiger partial charge in [0.15, 0.2) is 5.11 Å². The molecule has 1 N–H and O–H groups in total. The fourth-order valence-electron chi connectivity index (χ4n) is 4.70. The fourth-order valence-corrected chi connectivity index (χ4v) is 5.19. The SMILES string of the molecule is Cc1cc([C@@H]2[C@H](c3ccccn3)NC(=S)N2Cc2ccncc2)c(C)n1-c1cccc(Cl)c1. The van der Waals surface area contributed by atoms with Crippen molar-refractivity contribution in [2.24, 2.45) is 0 Å². The number of benzene rings is 1. The highest BCUT2D eigenvalue weighted by Crippen LogP contribution is 2.42. The van der Waals surface area contributed by atoms with Gasteiger partial charge in [-0.1, -0.05) is 23.7 Å². The first-order valence-corrected chi connectivity index (χ1v) is 11.6. The first-order valence-electron chi connectivity index (χ1n) is 10.8. The average molecular weight is 474 g/mol. The molecule has 1 fully saturated rings. The van der Waals surface area contributed by atoms with Gasteiger partial charge < -0.3 is 14.8 Å². The van der Waals surface area contributed by atoms with E-state index in [2.05, 4.69) is 56.8 Å². The number of nitrogens with zero attached hydrogens (tertiary/aromatic N) is 4. The van der Waals surface area contributed by atoms with E-state index in [0.717, 1.165) is 38.5 Å². The first-order chi connectivity index (χ1) is 16.0. The van der Waals surface area contributed by atoms with E-state index in [1.807, 2.05) is 61.1 Å². The van der Waals surface area contributed by atoms with Gasteiger partial charge in [0, 0.05) is 47.2 Å². The molecule has 1 aromatic carbocycles. The number of hydrogen-bond acceptors (Lipinski definition) is 3. The standard InChI is InChI=1S/C26H24ClN5S/c1-17-14-22(18(2)32(17)21-7-5-6-20(27)15-21)25-24(23-8-3-4-11-29-23)30-26(33)31(25)16-19-9-12-28-13-10-19/h3-15,24-25H,16H2,1-2H3,(H,30,33)/t24-,25+/m0/s1. The monoisotopic (exact) mass is 473 g/mol. The van der Waals surface area contributed by atoms with Gasteiger partial charge in [-0.25, -0.2) is 0 Å². The third-order valence-electron chi connectivity index (χ3n) is 6.16. The second-order valence-electron chi connectivity index (χ2n) is 8.25. The number of aryl methyl sites for hydroxylation is 1. The van der Waals surface area contributed by atoms with Crippen LogP contribution in [-0.2, 0) is 6.54 Å². The van der Waals surface area contributed by atoms with Gasteiger partial charge >= 0.3 is 0 Å². The molecule has 4 aromatic rings. The van der Waals surface area contributed by atoms with E-state index >= 15 is 0 Å². The molecule has 4 heterocycles. The van der Waals surface area contributed by atoms with Gasteiger partial charge in [-0.3, -0.25) is 9.97 Å². The van der Waals surface area contributed by atoms with Crippen LogP contribution in [0.15, 0.2) is 79.3 Å². The summed E-state index contributed by atoms with van der Waals surface area (Å²) in [6, 6.07) is 20.2. The Balaban J connectivity index is 1.62. The van der Waals surface area contributed by atoms with E-state index in [0.29, 0.717) is 6.54 Å². The molecule has 3 aromatic heterocycles. The number of halogens is 1. The molecule has 0 bridgehead atoms. The minimum Gasteiger partial charge on any atom is -0.352 e. The highest BCUT2D eigenvalue weighted by molar-refractivity contribution is 7.80. The van der Waals surface area contributed by atoms with Crippen molar-refractivity contribution < 1.29 is 0 Å². The Bertz CT molecular complexity index is 1290. The average Bonchev–Trinajstić information content (AvgIpc) is 3.30. The van der Waals surface area contributed by atoms with Gasteiger partial charge in [0.25, 0.3) is 0 Å². The molecule has 0 aliphatic carbocycles. The zero-order chi connectivity index (χ0) is 22.9. The van der Waals surface area contributed by atoms with Crippen LogP contribution in [0.1, 0.15) is 40.3 Å². The van der Waals surface area contributed by atoms with E-state index in [1.165, 1.54) is 5.56 Å². The van der Waals surface area contributed by atoms with E-state index < -0.39 is 0 Å². The van der Waals surface area contributed by atoms with Crippen LogP contribution in [0.25, 0.3) is 5.69 Å². The normalized spacial score (nSPS) is 17.9. The van der Waals surface area contributed by atoms with Crippen molar-refractivity contribution >= 4 is 28.9 Å². The molecule has 0 saturated carbocycles. The number of nitrogens with one attached hydrogen (secondary N) is 1. The highest BCUT2D eigenvalue weighted by atomic mass is 35.5. The Morgan fingerprint density at radius 2 is 1.82 bits per heavy atom. The van der Waals surface area contributed by atoms with E-state index in [-0.39, 0.29) is 12.1 Å². The quantitative estimate of drug-likeness (QED) is 0.376. The number of rotatable bonds is 5. The Hall–Kier alpha value is -3.22. The Morgan fingerprint density at radius 1 is 1.00 bits per heavy atom. The lowest BCUT2D eigenvalue weighted by Crippen LogP contribution is -2.29. The van der Waals surface area contributed by atoms with Crippen LogP contribution in [0, 0.1) is 13.8 Å². The molecule has 0 radical (unpaired) electrons. The maximum atomic E-state index is 6.31. The van der Waals surface area contributed by atoms with E-state index in [1.54, 1.807) is 0 Å². The van der Waals surface area contributed by atoms with Gasteiger partial charge in [0.2, 0.25) is 0 Å². The number of thiocarbonyl (C=S) groups is 1. The fraction of sp³-hybridized carbons (Fsp3) is 0.192. The highest BCUT2D eigenvalue weighted by Gasteiger charge is 2.41. The summed E-state index contributed by atoms with van der Waals surface area (Å²) in [5.41, 5.74) is 6.69. The lowest BCUT2D eigenvalue weighted by molar-refractivity contribution is 0.310. The molecule has 5 nitrogen and oxygen atoms in total. The van der Waals surface area contributed by atoms with E-state index in [9.17, 15) is 0 Å². The molecule has 1 aliphatic heterocycles. The summed E-state index contributed by atoms with van der Waals surface area (Å²) < 4.78 is 2.25. The molecular weight excluding hydrogens is 450 g/mol. The number of pyridine rings is 2. The van der Waals surface area contributed by atoms with Crippen molar-refractivity contribution in [1.29, 1.82) is 0 Å². The van der Waals surface area contributed by atoms with Crippen LogP contribution in [-0.4, -0.2) is 24.5 Å². The van der Waals surface area contributed by atoms with Crippen molar-refractivity contribution in [1.82, 2.24) is 24.8 Å². The summed E-state index contributed by atoms with van der Waals surface area (Å²) in [5, 5.41) is 4.98. The van der Waals surface area contributed by atoms with Gasteiger partial charge in [-0.2, -0.15) is 0 Å². The van der Waals surface area contributed by atoms with Crippen LogP contribution in [0.3, 0.4) is 0 Å². The molecular formula is C26H24ClN5S. The van der Waals surface area contributed by atoms with Gasteiger partial charge in [-0.05, 0) is 85.7 Å². The van der Waals surface area contributed by atoms with Gasteiger partial charge in [0.1, 0.15) is 0 Å². The Morgan fingerprint density at radius 3 is 2.55 bits per heavy atom. The molecule has 5 rings (SSSR count). The molecule has 166 valence electrons. The summed E-state index contributed by atoms with van der Waals surface area (Å²) in [4.78, 5) is 11.1. The molecule has 7 heteroatoms. The third kappa shape index (κ3) is 4.12. The zero-order valence-corrected chi connectivity index (χ0v) is 20.0. The van der Waals surface area contributed by atoms with Crippen molar-refractivity contribution in [2.75, 3.05) is 0 Å². The summed E-state index contributed by atoms with van der Waals surface area (Å²) in [6.07, 6.45) is 5.47. The topological polar surface area (TPSA) is 46.0 Å². The first kappa shape index (κ1) is 21.6. The lowest BCUT2D eigenvalue weighted by Gasteiger charge is -2.28. The second kappa shape index (κ2) is 8.96. The molecule has 1 aliphatic rings. The van der Waals surface area contributed by atoms with Crippen molar-refractivity contribution in [2.45, 2.75) is 32.5 Å². The second-order valence-corrected chi connectivity index (χ2v) is 9.07. The molecule has 0 unspecified atom stereocenters. The summed E-state index contributed by atoms with van der Waals surface area (Å²) in [6.45, 7) is 4.97. The molecule has 0 amide bonds. The largest absolute Gasteiger partial charge is 0.352 e. The number of hydrogen-bond donors (Lipinski definition) is 1. The maximum Gasteiger partial charge on any atom is 0.170 e. The predicted octanol–water partition coefficient (Wildman–Crippen LogP) is 5.71. The molecule has 2 atom stereocenters. The minimum absolute atomic E-state index is 0.0142. The minimum atomic E-state index is -0.0613. The van der Waals surface area contributed by atoms with Crippen molar-refractivity contribution in [3.05, 3.63) is 112 Å². The van der Waals surface area contributed by atoms with Crippen LogP contribution < -0.4 is 5.32 Å². The van der Waals surface area contributed by atoms with Crippen LogP contribution in [0.4, 0.5) is 0 Å². The van der Waals surface area contributed by atoms with E-state index in [4.69, 9.17) is 23.8 Å². The lowest BCUT2D eigenvalue weighted by atomic mass is 9.96. The third-order valence-corrected chi connectivity index (χ3v) is 6.74.